The Labute approximate surface area is 61.5 Å². The van der Waals surface area contributed by atoms with Crippen molar-refractivity contribution in [1.29, 1.82) is 5.26 Å². The normalized spacial score (nSPS) is 8.40. The maximum Gasteiger partial charge on any atom is 0.150 e. The Morgan fingerprint density at radius 2 is 2.10 bits per heavy atom. The zero-order chi connectivity index (χ0) is 7.40. The lowest BCUT2D eigenvalue weighted by Gasteiger charge is -1.95. The van der Waals surface area contributed by atoms with Gasteiger partial charge in [0, 0.05) is 5.56 Å². The maximum atomic E-state index is 8.58. The van der Waals surface area contributed by atoms with E-state index < -0.39 is 0 Å². The minimum atomic E-state index is 0.741. The SMILES string of the molecule is C[B]c1ccccc1C#N. The highest BCUT2D eigenvalue weighted by Gasteiger charge is 1.95. The van der Waals surface area contributed by atoms with Crippen molar-refractivity contribution in [2.45, 2.75) is 6.82 Å². The summed E-state index contributed by atoms with van der Waals surface area (Å²) in [4.78, 5) is 0. The molecule has 1 aromatic carbocycles. The quantitative estimate of drug-likeness (QED) is 0.516. The minimum Gasteiger partial charge on any atom is -0.192 e. The average molecular weight is 128 g/mol. The van der Waals surface area contributed by atoms with E-state index in [-0.39, 0.29) is 0 Å². The van der Waals surface area contributed by atoms with Gasteiger partial charge < -0.3 is 0 Å². The molecule has 0 N–H and O–H groups in total. The Kier molecular flexibility index (Phi) is 2.12. The van der Waals surface area contributed by atoms with Crippen LogP contribution in [0.5, 0.6) is 0 Å². The van der Waals surface area contributed by atoms with Crippen molar-refractivity contribution in [3.05, 3.63) is 29.8 Å². The largest absolute Gasteiger partial charge is 0.192 e. The molecule has 0 aliphatic carbocycles. The predicted octanol–water partition coefficient (Wildman–Crippen LogP) is 0.936. The number of nitriles is 1. The Balaban J connectivity index is 3.12. The molecule has 0 heterocycles. The fourth-order valence-corrected chi connectivity index (χ4v) is 0.851. The second kappa shape index (κ2) is 3.07. The van der Waals surface area contributed by atoms with E-state index in [0.717, 1.165) is 11.0 Å². The van der Waals surface area contributed by atoms with Gasteiger partial charge in [-0.1, -0.05) is 30.5 Å². The average Bonchev–Trinajstić information content (AvgIpc) is 2.04. The van der Waals surface area contributed by atoms with Crippen molar-refractivity contribution in [3.8, 4) is 6.07 Å². The van der Waals surface area contributed by atoms with Crippen molar-refractivity contribution in [3.63, 3.8) is 0 Å². The first-order chi connectivity index (χ1) is 4.88. The van der Waals surface area contributed by atoms with E-state index in [1.807, 2.05) is 38.4 Å². The van der Waals surface area contributed by atoms with Crippen LogP contribution >= 0.6 is 0 Å². The molecule has 0 atom stereocenters. The van der Waals surface area contributed by atoms with Crippen LogP contribution < -0.4 is 5.46 Å². The fourth-order valence-electron chi connectivity index (χ4n) is 0.851. The van der Waals surface area contributed by atoms with Gasteiger partial charge in [0.15, 0.2) is 0 Å². The van der Waals surface area contributed by atoms with Gasteiger partial charge in [-0.2, -0.15) is 5.26 Å². The second-order valence-electron chi connectivity index (χ2n) is 1.99. The van der Waals surface area contributed by atoms with Gasteiger partial charge in [-0.25, -0.2) is 0 Å². The molecule has 1 radical (unpaired) electrons. The molecule has 0 aliphatic rings. The number of benzene rings is 1. The van der Waals surface area contributed by atoms with Crippen molar-refractivity contribution in [1.82, 2.24) is 0 Å². The molecule has 1 nitrogen and oxygen atoms in total. The molecule has 0 aliphatic heterocycles. The molecule has 0 fully saturated rings. The Hall–Kier alpha value is -1.23. The molecule has 2 heteroatoms. The highest BCUT2D eigenvalue weighted by Crippen LogP contribution is 1.91. The van der Waals surface area contributed by atoms with Gasteiger partial charge in [0.05, 0.1) is 6.07 Å². The molecule has 0 spiro atoms. The summed E-state index contributed by atoms with van der Waals surface area (Å²) in [6.07, 6.45) is 0. The van der Waals surface area contributed by atoms with Crippen LogP contribution in [0.15, 0.2) is 24.3 Å². The van der Waals surface area contributed by atoms with Gasteiger partial charge in [0.1, 0.15) is 7.28 Å². The summed E-state index contributed by atoms with van der Waals surface area (Å²) < 4.78 is 0. The number of nitrogens with zero attached hydrogens (tertiary/aromatic N) is 1. The van der Waals surface area contributed by atoms with Crippen molar-refractivity contribution >= 4 is 12.7 Å². The number of rotatable bonds is 1. The molecule has 10 heavy (non-hydrogen) atoms. The molecule has 0 bridgehead atoms. The molecular weight excluding hydrogens is 121 g/mol. The predicted molar refractivity (Wildman–Crippen MR) is 42.4 cm³/mol. The zero-order valence-electron chi connectivity index (χ0n) is 5.83. The molecule has 47 valence electrons. The first-order valence-electron chi connectivity index (χ1n) is 3.17. The van der Waals surface area contributed by atoms with Gasteiger partial charge in [-0.15, -0.1) is 0 Å². The summed E-state index contributed by atoms with van der Waals surface area (Å²) in [5.74, 6) is 0. The smallest absolute Gasteiger partial charge is 0.150 e. The van der Waals surface area contributed by atoms with Crippen LogP contribution in [0.1, 0.15) is 5.56 Å². The minimum absolute atomic E-state index is 0.741. The van der Waals surface area contributed by atoms with E-state index in [1.54, 1.807) is 0 Å². The number of hydrogen-bond donors (Lipinski definition) is 0. The van der Waals surface area contributed by atoms with E-state index in [2.05, 4.69) is 6.07 Å². The van der Waals surface area contributed by atoms with Gasteiger partial charge in [-0.05, 0) is 6.07 Å². The number of hydrogen-bond acceptors (Lipinski definition) is 1. The monoisotopic (exact) mass is 128 g/mol. The van der Waals surface area contributed by atoms with E-state index >= 15 is 0 Å². The Morgan fingerprint density at radius 1 is 1.40 bits per heavy atom. The summed E-state index contributed by atoms with van der Waals surface area (Å²) in [5.41, 5.74) is 1.75. The molecule has 0 saturated heterocycles. The standard InChI is InChI=1S/C8H7BN/c1-9-8-5-3-2-4-7(8)6-10/h2-5H,1H3. The summed E-state index contributed by atoms with van der Waals surface area (Å²) in [6.45, 7) is 1.93. The van der Waals surface area contributed by atoms with Crippen LogP contribution in [-0.2, 0) is 0 Å². The van der Waals surface area contributed by atoms with Crippen molar-refractivity contribution in [2.75, 3.05) is 0 Å². The van der Waals surface area contributed by atoms with Gasteiger partial charge in [-0.3, -0.25) is 0 Å². The third-order valence-electron chi connectivity index (χ3n) is 1.39. The highest BCUT2D eigenvalue weighted by molar-refractivity contribution is 6.52. The molecular formula is C8H7BN. The topological polar surface area (TPSA) is 23.8 Å². The van der Waals surface area contributed by atoms with Crippen molar-refractivity contribution < 1.29 is 0 Å². The summed E-state index contributed by atoms with van der Waals surface area (Å²) in [6, 6.07) is 9.65. The first-order valence-corrected chi connectivity index (χ1v) is 3.17. The third-order valence-corrected chi connectivity index (χ3v) is 1.39. The maximum absolute atomic E-state index is 8.58. The van der Waals surface area contributed by atoms with Crippen LogP contribution in [-0.4, -0.2) is 7.28 Å². The van der Waals surface area contributed by atoms with E-state index in [9.17, 15) is 0 Å². The van der Waals surface area contributed by atoms with E-state index in [0.29, 0.717) is 0 Å². The molecule has 0 aromatic heterocycles. The van der Waals surface area contributed by atoms with Crippen LogP contribution in [0.2, 0.25) is 6.82 Å². The molecule has 1 aromatic rings. The van der Waals surface area contributed by atoms with Gasteiger partial charge in [0.2, 0.25) is 0 Å². The Morgan fingerprint density at radius 3 is 2.60 bits per heavy atom. The van der Waals surface area contributed by atoms with Gasteiger partial charge in [0.25, 0.3) is 0 Å². The third kappa shape index (κ3) is 1.19. The highest BCUT2D eigenvalue weighted by atomic mass is 14.2. The van der Waals surface area contributed by atoms with Crippen LogP contribution in [0.4, 0.5) is 0 Å². The van der Waals surface area contributed by atoms with E-state index in [4.69, 9.17) is 5.26 Å². The lowest BCUT2D eigenvalue weighted by atomic mass is 9.71. The first kappa shape index (κ1) is 6.89. The molecule has 0 amide bonds. The van der Waals surface area contributed by atoms with Crippen LogP contribution in [0.3, 0.4) is 0 Å². The lowest BCUT2D eigenvalue weighted by molar-refractivity contribution is 1.50. The Bertz CT molecular complexity index is 262. The lowest BCUT2D eigenvalue weighted by Crippen LogP contribution is -2.13. The van der Waals surface area contributed by atoms with E-state index in [1.165, 1.54) is 0 Å². The zero-order valence-corrected chi connectivity index (χ0v) is 5.83. The van der Waals surface area contributed by atoms with Crippen molar-refractivity contribution in [2.24, 2.45) is 0 Å². The summed E-state index contributed by atoms with van der Waals surface area (Å²) in [7, 11) is 1.93. The van der Waals surface area contributed by atoms with Crippen LogP contribution in [0.25, 0.3) is 0 Å². The fraction of sp³-hybridized carbons (Fsp3) is 0.125. The molecule has 0 saturated carbocycles. The van der Waals surface area contributed by atoms with Gasteiger partial charge >= 0.3 is 0 Å². The van der Waals surface area contributed by atoms with Crippen LogP contribution in [0, 0.1) is 11.3 Å². The second-order valence-corrected chi connectivity index (χ2v) is 1.99. The molecule has 0 unspecified atom stereocenters. The molecule has 1 rings (SSSR count). The summed E-state index contributed by atoms with van der Waals surface area (Å²) >= 11 is 0. The summed E-state index contributed by atoms with van der Waals surface area (Å²) in [5, 5.41) is 8.58.